The molecule has 0 radical (unpaired) electrons. The number of hydrogen-bond donors (Lipinski definition) is 2. The van der Waals surface area contributed by atoms with Crippen LogP contribution in [0, 0.1) is 6.92 Å². The van der Waals surface area contributed by atoms with Crippen molar-refractivity contribution in [1.29, 1.82) is 0 Å². The SMILES string of the molecule is Cc1ccc(CNC(=O)CSc2ccc(NC(=O)c3ccco3)nn2)cc1. The van der Waals surface area contributed by atoms with Gasteiger partial charge in [0, 0.05) is 6.54 Å². The molecule has 2 aromatic heterocycles. The van der Waals surface area contributed by atoms with Gasteiger partial charge in [0.1, 0.15) is 5.03 Å². The second-order valence-electron chi connectivity index (χ2n) is 5.74. The third-order valence-electron chi connectivity index (χ3n) is 3.59. The Kier molecular flexibility index (Phi) is 6.22. The number of amides is 2. The van der Waals surface area contributed by atoms with Gasteiger partial charge in [-0.3, -0.25) is 9.59 Å². The smallest absolute Gasteiger partial charge is 0.292 e. The van der Waals surface area contributed by atoms with Crippen LogP contribution in [0.4, 0.5) is 5.82 Å². The number of furan rings is 1. The highest BCUT2D eigenvalue weighted by atomic mass is 32.2. The average molecular weight is 382 g/mol. The number of nitrogens with zero attached hydrogens (tertiary/aromatic N) is 2. The van der Waals surface area contributed by atoms with Crippen molar-refractivity contribution in [2.24, 2.45) is 0 Å². The van der Waals surface area contributed by atoms with E-state index in [-0.39, 0.29) is 17.4 Å². The fraction of sp³-hybridized carbons (Fsp3) is 0.158. The Balaban J connectivity index is 1.43. The van der Waals surface area contributed by atoms with E-state index in [9.17, 15) is 9.59 Å². The van der Waals surface area contributed by atoms with E-state index < -0.39 is 5.91 Å². The van der Waals surface area contributed by atoms with Crippen LogP contribution in [0.5, 0.6) is 0 Å². The second-order valence-corrected chi connectivity index (χ2v) is 6.73. The minimum atomic E-state index is -0.398. The molecule has 0 aliphatic heterocycles. The van der Waals surface area contributed by atoms with E-state index in [2.05, 4.69) is 20.8 Å². The van der Waals surface area contributed by atoms with Gasteiger partial charge in [-0.05, 0) is 36.8 Å². The number of rotatable bonds is 7. The van der Waals surface area contributed by atoms with Crippen molar-refractivity contribution in [2.45, 2.75) is 18.5 Å². The van der Waals surface area contributed by atoms with Crippen molar-refractivity contribution >= 4 is 29.4 Å². The van der Waals surface area contributed by atoms with Crippen LogP contribution in [0.1, 0.15) is 21.7 Å². The fourth-order valence-corrected chi connectivity index (χ4v) is 2.79. The molecule has 2 amide bonds. The highest BCUT2D eigenvalue weighted by Gasteiger charge is 2.10. The van der Waals surface area contributed by atoms with Gasteiger partial charge in [-0.15, -0.1) is 10.2 Å². The van der Waals surface area contributed by atoms with Crippen LogP contribution in [0.25, 0.3) is 0 Å². The Labute approximate surface area is 160 Å². The number of carbonyl (C=O) groups is 2. The Hall–Kier alpha value is -3.13. The van der Waals surface area contributed by atoms with E-state index in [0.29, 0.717) is 17.4 Å². The highest BCUT2D eigenvalue weighted by Crippen LogP contribution is 2.15. The lowest BCUT2D eigenvalue weighted by Gasteiger charge is -2.06. The molecule has 0 saturated heterocycles. The van der Waals surface area contributed by atoms with Crippen molar-refractivity contribution in [3.8, 4) is 0 Å². The molecule has 0 aliphatic rings. The van der Waals surface area contributed by atoms with Crippen molar-refractivity contribution in [2.75, 3.05) is 11.1 Å². The molecule has 8 heteroatoms. The molecular formula is C19H18N4O3S. The zero-order chi connectivity index (χ0) is 19.1. The summed E-state index contributed by atoms with van der Waals surface area (Å²) in [6, 6.07) is 14.5. The van der Waals surface area contributed by atoms with Crippen molar-refractivity contribution in [3.05, 3.63) is 71.7 Å². The van der Waals surface area contributed by atoms with Crippen LogP contribution in [-0.2, 0) is 11.3 Å². The van der Waals surface area contributed by atoms with Gasteiger partial charge in [0.2, 0.25) is 5.91 Å². The van der Waals surface area contributed by atoms with E-state index in [1.807, 2.05) is 31.2 Å². The normalized spacial score (nSPS) is 10.4. The minimum Gasteiger partial charge on any atom is -0.459 e. The van der Waals surface area contributed by atoms with Gasteiger partial charge in [-0.2, -0.15) is 0 Å². The van der Waals surface area contributed by atoms with E-state index in [4.69, 9.17) is 4.42 Å². The molecule has 0 atom stereocenters. The van der Waals surface area contributed by atoms with Crippen molar-refractivity contribution in [3.63, 3.8) is 0 Å². The maximum Gasteiger partial charge on any atom is 0.292 e. The quantitative estimate of drug-likeness (QED) is 0.610. The van der Waals surface area contributed by atoms with E-state index in [1.165, 1.54) is 23.6 Å². The van der Waals surface area contributed by atoms with Gasteiger partial charge >= 0.3 is 0 Å². The summed E-state index contributed by atoms with van der Waals surface area (Å²) in [5, 5.41) is 14.0. The summed E-state index contributed by atoms with van der Waals surface area (Å²) in [5.41, 5.74) is 2.23. The largest absolute Gasteiger partial charge is 0.459 e. The average Bonchev–Trinajstić information content (AvgIpc) is 3.22. The van der Waals surface area contributed by atoms with Crippen LogP contribution in [-0.4, -0.2) is 27.8 Å². The molecule has 7 nitrogen and oxygen atoms in total. The molecule has 0 saturated carbocycles. The number of benzene rings is 1. The first kappa shape index (κ1) is 18.7. The molecule has 0 aliphatic carbocycles. The van der Waals surface area contributed by atoms with E-state index in [1.54, 1.807) is 24.3 Å². The second kappa shape index (κ2) is 9.00. The molecule has 0 bridgehead atoms. The molecule has 2 N–H and O–H groups in total. The Morgan fingerprint density at radius 3 is 2.56 bits per heavy atom. The number of carbonyl (C=O) groups excluding carboxylic acids is 2. The number of aromatic nitrogens is 2. The number of thioether (sulfide) groups is 1. The summed E-state index contributed by atoms with van der Waals surface area (Å²) in [6.07, 6.45) is 1.42. The predicted molar refractivity (Wildman–Crippen MR) is 102 cm³/mol. The fourth-order valence-electron chi connectivity index (χ4n) is 2.15. The summed E-state index contributed by atoms with van der Waals surface area (Å²) < 4.78 is 5.01. The number of nitrogens with one attached hydrogen (secondary N) is 2. The first-order valence-corrected chi connectivity index (χ1v) is 9.22. The maximum absolute atomic E-state index is 12.0. The summed E-state index contributed by atoms with van der Waals surface area (Å²) in [7, 11) is 0. The lowest BCUT2D eigenvalue weighted by molar-refractivity contribution is -0.118. The lowest BCUT2D eigenvalue weighted by Crippen LogP contribution is -2.24. The molecule has 1 aromatic carbocycles. The third-order valence-corrected chi connectivity index (χ3v) is 4.51. The number of aryl methyl sites for hydroxylation is 1. The maximum atomic E-state index is 12.0. The molecule has 138 valence electrons. The Bertz CT molecular complexity index is 894. The standard InChI is InChI=1S/C19H18N4O3S/c1-13-4-6-14(7-5-13)11-20-17(24)12-27-18-9-8-16(22-23-18)21-19(25)15-3-2-10-26-15/h2-10H,11-12H2,1H3,(H,20,24)(H,21,22,25). The van der Waals surface area contributed by atoms with Crippen LogP contribution >= 0.6 is 11.8 Å². The van der Waals surface area contributed by atoms with Gasteiger partial charge < -0.3 is 15.1 Å². The zero-order valence-electron chi connectivity index (χ0n) is 14.6. The van der Waals surface area contributed by atoms with Gasteiger partial charge in [-0.25, -0.2) is 0 Å². The van der Waals surface area contributed by atoms with Gasteiger partial charge in [0.25, 0.3) is 5.91 Å². The molecule has 0 fully saturated rings. The topological polar surface area (TPSA) is 97.1 Å². The Morgan fingerprint density at radius 2 is 1.89 bits per heavy atom. The van der Waals surface area contributed by atoms with Gasteiger partial charge in [0.05, 0.1) is 12.0 Å². The molecule has 0 unspecified atom stereocenters. The van der Waals surface area contributed by atoms with Crippen molar-refractivity contribution in [1.82, 2.24) is 15.5 Å². The predicted octanol–water partition coefficient (Wildman–Crippen LogP) is 3.04. The molecule has 3 rings (SSSR count). The van der Waals surface area contributed by atoms with E-state index >= 15 is 0 Å². The Morgan fingerprint density at radius 1 is 1.07 bits per heavy atom. The summed E-state index contributed by atoms with van der Waals surface area (Å²) in [6.45, 7) is 2.51. The van der Waals surface area contributed by atoms with Crippen LogP contribution in [0.15, 0.2) is 64.2 Å². The zero-order valence-corrected chi connectivity index (χ0v) is 15.5. The summed E-state index contributed by atoms with van der Waals surface area (Å²) >= 11 is 1.27. The molecular weight excluding hydrogens is 364 g/mol. The van der Waals surface area contributed by atoms with Crippen LogP contribution in [0.3, 0.4) is 0 Å². The van der Waals surface area contributed by atoms with Crippen LogP contribution in [0.2, 0.25) is 0 Å². The summed E-state index contributed by atoms with van der Waals surface area (Å²) in [5.74, 6) is 0.256. The molecule has 2 heterocycles. The van der Waals surface area contributed by atoms with E-state index in [0.717, 1.165) is 5.56 Å². The molecule has 3 aromatic rings. The first-order chi connectivity index (χ1) is 13.1. The lowest BCUT2D eigenvalue weighted by atomic mass is 10.1. The third kappa shape index (κ3) is 5.68. The minimum absolute atomic E-state index is 0.0856. The van der Waals surface area contributed by atoms with Crippen molar-refractivity contribution < 1.29 is 14.0 Å². The monoisotopic (exact) mass is 382 g/mol. The van der Waals surface area contributed by atoms with Gasteiger partial charge in [0.15, 0.2) is 11.6 Å². The van der Waals surface area contributed by atoms with Gasteiger partial charge in [-0.1, -0.05) is 41.6 Å². The van der Waals surface area contributed by atoms with Crippen LogP contribution < -0.4 is 10.6 Å². The highest BCUT2D eigenvalue weighted by molar-refractivity contribution is 7.99. The molecule has 27 heavy (non-hydrogen) atoms. The molecule has 0 spiro atoms. The first-order valence-electron chi connectivity index (χ1n) is 8.24. The number of anilines is 1. The summed E-state index contributed by atoms with van der Waals surface area (Å²) in [4.78, 5) is 23.8. The number of hydrogen-bond acceptors (Lipinski definition) is 6.